The molecule has 0 radical (unpaired) electrons. The van der Waals surface area contributed by atoms with E-state index in [9.17, 15) is 8.78 Å². The van der Waals surface area contributed by atoms with Crippen molar-refractivity contribution in [2.75, 3.05) is 0 Å². The van der Waals surface area contributed by atoms with Crippen LogP contribution >= 0.6 is 8.58 Å². The van der Waals surface area contributed by atoms with Gasteiger partial charge in [-0.15, -0.1) is 6.58 Å². The molecule has 0 bridgehead atoms. The molecule has 1 saturated carbocycles. The summed E-state index contributed by atoms with van der Waals surface area (Å²) >= 11 is 0. The van der Waals surface area contributed by atoms with Gasteiger partial charge >= 0.3 is 0 Å². The predicted octanol–water partition coefficient (Wildman–Crippen LogP) is 3.00. The highest BCUT2D eigenvalue weighted by molar-refractivity contribution is 7.39. The lowest BCUT2D eigenvalue weighted by Crippen LogP contribution is -2.18. The number of benzene rings is 1. The third-order valence-electron chi connectivity index (χ3n) is 3.00. The Hall–Kier alpha value is -0.790. The van der Waals surface area contributed by atoms with E-state index in [-0.39, 0.29) is 10.8 Å². The summed E-state index contributed by atoms with van der Waals surface area (Å²) in [5.41, 5.74) is 6.20. The number of rotatable bonds is 4. The minimum absolute atomic E-state index is 0.153. The lowest BCUT2D eigenvalue weighted by molar-refractivity contribution is 0.565. The van der Waals surface area contributed by atoms with Crippen LogP contribution in [0.1, 0.15) is 12.0 Å². The number of halogens is 2. The van der Waals surface area contributed by atoms with Crippen LogP contribution in [0.25, 0.3) is 0 Å². The van der Waals surface area contributed by atoms with Crippen molar-refractivity contribution in [3.8, 4) is 0 Å². The molecule has 1 aliphatic carbocycles. The van der Waals surface area contributed by atoms with Crippen LogP contribution < -0.4 is 5.73 Å². The molecule has 1 aromatic carbocycles. The molecule has 1 aromatic rings. The van der Waals surface area contributed by atoms with Crippen molar-refractivity contribution in [3.05, 3.63) is 48.1 Å². The van der Waals surface area contributed by atoms with Crippen LogP contribution in [0, 0.1) is 17.6 Å². The second-order valence-electron chi connectivity index (χ2n) is 4.14. The first-order chi connectivity index (χ1) is 7.57. The second kappa shape index (κ2) is 4.23. The van der Waals surface area contributed by atoms with E-state index >= 15 is 0 Å². The Bertz CT molecular complexity index is 401. The lowest BCUT2D eigenvalue weighted by Gasteiger charge is -2.11. The maximum atomic E-state index is 13.3. The molecule has 3 atom stereocenters. The maximum absolute atomic E-state index is 13.3. The summed E-state index contributed by atoms with van der Waals surface area (Å²) in [6.07, 6.45) is 3.08. The van der Waals surface area contributed by atoms with Crippen molar-refractivity contribution in [1.82, 2.24) is 0 Å². The Morgan fingerprint density at radius 1 is 1.50 bits per heavy atom. The van der Waals surface area contributed by atoms with Crippen molar-refractivity contribution in [2.24, 2.45) is 11.7 Å². The Morgan fingerprint density at radius 2 is 2.12 bits per heavy atom. The summed E-state index contributed by atoms with van der Waals surface area (Å²) < 4.78 is 26.7. The minimum Gasteiger partial charge on any atom is -0.321 e. The van der Waals surface area contributed by atoms with E-state index in [1.807, 2.05) is 6.08 Å². The molecule has 0 spiro atoms. The SMILES string of the molecule is C=CC1CC1(N)PCc1c(F)cccc1F. The molecule has 86 valence electrons. The van der Waals surface area contributed by atoms with Gasteiger partial charge in [-0.1, -0.05) is 20.7 Å². The molecular formula is C12H14F2NP. The van der Waals surface area contributed by atoms with Gasteiger partial charge in [0.05, 0.1) is 0 Å². The van der Waals surface area contributed by atoms with Crippen LogP contribution in [0.15, 0.2) is 30.9 Å². The van der Waals surface area contributed by atoms with Gasteiger partial charge in [0, 0.05) is 16.8 Å². The van der Waals surface area contributed by atoms with Gasteiger partial charge < -0.3 is 5.73 Å². The quantitative estimate of drug-likeness (QED) is 0.636. The van der Waals surface area contributed by atoms with Crippen LogP contribution in [0.3, 0.4) is 0 Å². The summed E-state index contributed by atoms with van der Waals surface area (Å²) in [5.74, 6) is -0.653. The Balaban J connectivity index is 2.03. The van der Waals surface area contributed by atoms with Gasteiger partial charge in [-0.05, 0) is 24.7 Å². The fourth-order valence-corrected chi connectivity index (χ4v) is 3.34. The molecule has 4 heteroatoms. The van der Waals surface area contributed by atoms with Crippen LogP contribution in [-0.4, -0.2) is 5.28 Å². The van der Waals surface area contributed by atoms with Gasteiger partial charge in [-0.25, -0.2) is 8.78 Å². The first-order valence-corrected chi connectivity index (χ1v) is 6.37. The van der Waals surface area contributed by atoms with E-state index in [0.29, 0.717) is 20.7 Å². The van der Waals surface area contributed by atoms with Gasteiger partial charge in [0.25, 0.3) is 0 Å². The van der Waals surface area contributed by atoms with E-state index < -0.39 is 11.6 Å². The highest BCUT2D eigenvalue weighted by atomic mass is 31.1. The molecule has 0 saturated heterocycles. The van der Waals surface area contributed by atoms with Crippen LogP contribution in [0.4, 0.5) is 8.78 Å². The maximum Gasteiger partial charge on any atom is 0.129 e. The molecule has 3 unspecified atom stereocenters. The topological polar surface area (TPSA) is 26.0 Å². The first-order valence-electron chi connectivity index (χ1n) is 5.16. The largest absolute Gasteiger partial charge is 0.321 e. The highest BCUT2D eigenvalue weighted by Gasteiger charge is 2.48. The van der Waals surface area contributed by atoms with E-state index in [1.165, 1.54) is 18.2 Å². The van der Waals surface area contributed by atoms with Crippen molar-refractivity contribution in [3.63, 3.8) is 0 Å². The van der Waals surface area contributed by atoms with Crippen molar-refractivity contribution in [2.45, 2.75) is 17.9 Å². The lowest BCUT2D eigenvalue weighted by atomic mass is 10.2. The first kappa shape index (κ1) is 11.7. The Kier molecular flexibility index (Phi) is 3.09. The molecule has 2 rings (SSSR count). The molecule has 16 heavy (non-hydrogen) atoms. The van der Waals surface area contributed by atoms with Gasteiger partial charge in [-0.2, -0.15) is 0 Å². The normalized spacial score (nSPS) is 28.6. The molecule has 0 heterocycles. The number of hydrogen-bond acceptors (Lipinski definition) is 1. The molecule has 1 nitrogen and oxygen atoms in total. The third-order valence-corrected chi connectivity index (χ3v) is 4.76. The number of nitrogens with two attached hydrogens (primary N) is 1. The predicted molar refractivity (Wildman–Crippen MR) is 63.6 cm³/mol. The third kappa shape index (κ3) is 2.16. The molecule has 0 aromatic heterocycles. The second-order valence-corrected chi connectivity index (χ2v) is 5.78. The summed E-state index contributed by atoms with van der Waals surface area (Å²) in [4.78, 5) is 0. The van der Waals surface area contributed by atoms with Crippen LogP contribution in [0.2, 0.25) is 0 Å². The van der Waals surface area contributed by atoms with Gasteiger partial charge in [0.1, 0.15) is 11.6 Å². The zero-order chi connectivity index (χ0) is 11.8. The summed E-state index contributed by atoms with van der Waals surface area (Å²) in [6.45, 7) is 3.68. The van der Waals surface area contributed by atoms with Crippen LogP contribution in [0.5, 0.6) is 0 Å². The molecule has 0 amide bonds. The number of hydrogen-bond donors (Lipinski definition) is 1. The molecule has 1 aliphatic rings. The average molecular weight is 241 g/mol. The molecule has 0 aliphatic heterocycles. The summed E-state index contributed by atoms with van der Waals surface area (Å²) in [6, 6.07) is 3.94. The van der Waals surface area contributed by atoms with E-state index in [2.05, 4.69) is 6.58 Å². The van der Waals surface area contributed by atoms with Crippen molar-refractivity contribution < 1.29 is 8.78 Å². The van der Waals surface area contributed by atoms with Crippen LogP contribution in [-0.2, 0) is 6.16 Å². The highest BCUT2D eigenvalue weighted by Crippen LogP contribution is 2.55. The fourth-order valence-electron chi connectivity index (χ4n) is 1.76. The van der Waals surface area contributed by atoms with E-state index in [1.54, 1.807) is 0 Å². The molecular weight excluding hydrogens is 227 g/mol. The smallest absolute Gasteiger partial charge is 0.129 e. The summed E-state index contributed by atoms with van der Waals surface area (Å²) in [5, 5.41) is -0.267. The standard InChI is InChI=1S/C12H14F2NP/c1-2-8-6-12(8,15)16-7-9-10(13)4-3-5-11(9)14/h2-5,8,16H,1,6-7,15H2. The van der Waals surface area contributed by atoms with Crippen molar-refractivity contribution >= 4 is 8.58 Å². The van der Waals surface area contributed by atoms with Gasteiger partial charge in [0.15, 0.2) is 0 Å². The van der Waals surface area contributed by atoms with Gasteiger partial charge in [0.2, 0.25) is 0 Å². The van der Waals surface area contributed by atoms with E-state index in [4.69, 9.17) is 5.73 Å². The molecule has 1 fully saturated rings. The van der Waals surface area contributed by atoms with Gasteiger partial charge in [-0.3, -0.25) is 0 Å². The molecule has 2 N–H and O–H groups in total. The monoisotopic (exact) mass is 241 g/mol. The zero-order valence-corrected chi connectivity index (χ0v) is 9.84. The van der Waals surface area contributed by atoms with Crippen molar-refractivity contribution in [1.29, 1.82) is 0 Å². The summed E-state index contributed by atoms with van der Waals surface area (Å²) in [7, 11) is 0.337. The minimum atomic E-state index is -0.480. The average Bonchev–Trinajstić information content (AvgIpc) is 2.89. The van der Waals surface area contributed by atoms with E-state index in [0.717, 1.165) is 6.42 Å². The fraction of sp³-hybridized carbons (Fsp3) is 0.333. The Morgan fingerprint density at radius 3 is 2.62 bits per heavy atom. The zero-order valence-electron chi connectivity index (χ0n) is 8.84. The Labute approximate surface area is 95.5 Å².